The maximum Gasteiger partial charge on any atom is 0.337 e. The molecule has 136 valence electrons. The minimum absolute atomic E-state index is 0.361. The van der Waals surface area contributed by atoms with Gasteiger partial charge in [0.1, 0.15) is 0 Å². The third kappa shape index (κ3) is 4.62. The predicted octanol–water partition coefficient (Wildman–Crippen LogP) is 4.96. The van der Waals surface area contributed by atoms with E-state index in [2.05, 4.69) is 31.9 Å². The summed E-state index contributed by atoms with van der Waals surface area (Å²) in [7, 11) is 2.72. The molecular weight excluding hydrogens is 464 g/mol. The largest absolute Gasteiger partial charge is 0.465 e. The molecule has 4 nitrogen and oxygen atoms in total. The molecule has 0 bridgehead atoms. The van der Waals surface area contributed by atoms with E-state index in [1.165, 1.54) is 14.2 Å². The number of halogens is 2. The Morgan fingerprint density at radius 2 is 0.923 bits per heavy atom. The zero-order valence-corrected chi connectivity index (χ0v) is 17.6. The van der Waals surface area contributed by atoms with Crippen LogP contribution in [0.1, 0.15) is 31.8 Å². The van der Waals surface area contributed by atoms with Crippen molar-refractivity contribution in [3.05, 3.63) is 70.8 Å². The van der Waals surface area contributed by atoms with Crippen molar-refractivity contribution < 1.29 is 19.1 Å². The Balaban J connectivity index is 2.43. The molecule has 26 heavy (non-hydrogen) atoms. The SMILES string of the molecule is COC(=O)c1ccc(/C(CBr)=C(/CBr)c2ccc(C(=O)OC)cc2)cc1. The number of rotatable bonds is 6. The summed E-state index contributed by atoms with van der Waals surface area (Å²) >= 11 is 7.11. The Hall–Kier alpha value is -1.92. The molecule has 0 aliphatic heterocycles. The second-order valence-electron chi connectivity index (χ2n) is 5.36. The first kappa shape index (κ1) is 20.4. The number of ether oxygens (including phenoxy) is 2. The topological polar surface area (TPSA) is 52.6 Å². The van der Waals surface area contributed by atoms with Crippen molar-refractivity contribution >= 4 is 54.9 Å². The van der Waals surface area contributed by atoms with Gasteiger partial charge in [-0.15, -0.1) is 0 Å². The highest BCUT2D eigenvalue weighted by atomic mass is 79.9. The molecule has 0 radical (unpaired) electrons. The van der Waals surface area contributed by atoms with Gasteiger partial charge in [0.25, 0.3) is 0 Å². The first-order chi connectivity index (χ1) is 12.5. The lowest BCUT2D eigenvalue weighted by molar-refractivity contribution is 0.0592. The van der Waals surface area contributed by atoms with Crippen LogP contribution in [-0.2, 0) is 9.47 Å². The van der Waals surface area contributed by atoms with Crippen molar-refractivity contribution in [1.29, 1.82) is 0 Å². The molecular formula is C20H18Br2O4. The third-order valence-corrected chi connectivity index (χ3v) is 5.06. The van der Waals surface area contributed by atoms with E-state index in [0.717, 1.165) is 22.3 Å². The smallest absolute Gasteiger partial charge is 0.337 e. The molecule has 2 rings (SSSR count). The highest BCUT2D eigenvalue weighted by Gasteiger charge is 2.13. The number of benzene rings is 2. The summed E-state index contributed by atoms with van der Waals surface area (Å²) in [6.07, 6.45) is 0. The first-order valence-electron chi connectivity index (χ1n) is 7.77. The Morgan fingerprint density at radius 3 is 1.15 bits per heavy atom. The van der Waals surface area contributed by atoms with Crippen LogP contribution in [-0.4, -0.2) is 36.8 Å². The number of allylic oxidation sites excluding steroid dienone is 2. The third-order valence-electron chi connectivity index (χ3n) is 3.94. The van der Waals surface area contributed by atoms with E-state index in [4.69, 9.17) is 9.47 Å². The Kier molecular flexibility index (Phi) is 7.60. The van der Waals surface area contributed by atoms with Gasteiger partial charge in [0.05, 0.1) is 25.3 Å². The molecule has 0 aromatic heterocycles. The number of hydrogen-bond donors (Lipinski definition) is 0. The maximum absolute atomic E-state index is 11.6. The van der Waals surface area contributed by atoms with Crippen molar-refractivity contribution in [2.75, 3.05) is 24.9 Å². The van der Waals surface area contributed by atoms with Crippen LogP contribution >= 0.6 is 31.9 Å². The number of hydrogen-bond acceptors (Lipinski definition) is 4. The van der Waals surface area contributed by atoms with E-state index in [1.807, 2.05) is 24.3 Å². The minimum Gasteiger partial charge on any atom is -0.465 e. The van der Waals surface area contributed by atoms with Gasteiger partial charge in [0, 0.05) is 10.7 Å². The quantitative estimate of drug-likeness (QED) is 0.332. The first-order valence-corrected chi connectivity index (χ1v) is 10.0. The van der Waals surface area contributed by atoms with Crippen molar-refractivity contribution in [3.63, 3.8) is 0 Å². The maximum atomic E-state index is 11.6. The molecule has 0 amide bonds. The summed E-state index contributed by atoms with van der Waals surface area (Å²) in [6.45, 7) is 0. The summed E-state index contributed by atoms with van der Waals surface area (Å²) < 4.78 is 9.47. The van der Waals surface area contributed by atoms with Crippen molar-refractivity contribution in [1.82, 2.24) is 0 Å². The molecule has 0 spiro atoms. The molecule has 0 saturated carbocycles. The molecule has 0 aliphatic rings. The zero-order chi connectivity index (χ0) is 19.1. The second kappa shape index (κ2) is 9.69. The van der Waals surface area contributed by atoms with Crippen LogP contribution in [0.25, 0.3) is 11.1 Å². The van der Waals surface area contributed by atoms with Gasteiger partial charge < -0.3 is 9.47 Å². The average Bonchev–Trinajstić information content (AvgIpc) is 2.71. The van der Waals surface area contributed by atoms with Crippen molar-refractivity contribution in [2.24, 2.45) is 0 Å². The van der Waals surface area contributed by atoms with Gasteiger partial charge >= 0.3 is 11.9 Å². The van der Waals surface area contributed by atoms with Crippen LogP contribution < -0.4 is 0 Å². The van der Waals surface area contributed by atoms with Gasteiger partial charge in [-0.3, -0.25) is 0 Å². The van der Waals surface area contributed by atoms with Gasteiger partial charge in [-0.1, -0.05) is 56.1 Å². The lowest BCUT2D eigenvalue weighted by Gasteiger charge is -2.13. The van der Waals surface area contributed by atoms with Crippen LogP contribution in [0.15, 0.2) is 48.5 Å². The molecule has 0 unspecified atom stereocenters. The van der Waals surface area contributed by atoms with E-state index in [1.54, 1.807) is 24.3 Å². The summed E-state index contributed by atoms with van der Waals surface area (Å²) in [5.41, 5.74) is 5.19. The number of alkyl halides is 2. The fraction of sp³-hybridized carbons (Fsp3) is 0.200. The Bertz CT molecular complexity index is 739. The highest BCUT2D eigenvalue weighted by Crippen LogP contribution is 2.30. The molecule has 0 aliphatic carbocycles. The van der Waals surface area contributed by atoms with Crippen molar-refractivity contribution in [2.45, 2.75) is 0 Å². The molecule has 2 aromatic rings. The van der Waals surface area contributed by atoms with Crippen LogP contribution in [0, 0.1) is 0 Å². The van der Waals surface area contributed by atoms with Gasteiger partial charge in [0.15, 0.2) is 0 Å². The van der Waals surface area contributed by atoms with Crippen LogP contribution in [0.3, 0.4) is 0 Å². The molecule has 0 N–H and O–H groups in total. The van der Waals surface area contributed by atoms with Crippen LogP contribution in [0.5, 0.6) is 0 Å². The molecule has 2 aromatic carbocycles. The van der Waals surface area contributed by atoms with Gasteiger partial charge in [-0.05, 0) is 46.5 Å². The molecule has 0 fully saturated rings. The fourth-order valence-electron chi connectivity index (χ4n) is 2.51. The van der Waals surface area contributed by atoms with E-state index < -0.39 is 0 Å². The zero-order valence-electron chi connectivity index (χ0n) is 14.4. The fourth-order valence-corrected chi connectivity index (χ4v) is 3.84. The summed E-state index contributed by atoms with van der Waals surface area (Å²) in [5.74, 6) is -0.722. The summed E-state index contributed by atoms with van der Waals surface area (Å²) in [5, 5.41) is 1.29. The van der Waals surface area contributed by atoms with Gasteiger partial charge in [-0.25, -0.2) is 9.59 Å². The predicted molar refractivity (Wildman–Crippen MR) is 110 cm³/mol. The highest BCUT2D eigenvalue weighted by molar-refractivity contribution is 9.09. The average molecular weight is 482 g/mol. The van der Waals surface area contributed by atoms with Crippen LogP contribution in [0.2, 0.25) is 0 Å². The number of esters is 2. The molecule has 0 saturated heterocycles. The van der Waals surface area contributed by atoms with E-state index in [9.17, 15) is 9.59 Å². The molecule has 0 atom stereocenters. The summed E-state index contributed by atoms with van der Waals surface area (Å²) in [4.78, 5) is 23.2. The molecule has 0 heterocycles. The Labute approximate surface area is 169 Å². The van der Waals surface area contributed by atoms with E-state index in [0.29, 0.717) is 21.8 Å². The number of methoxy groups -OCH3 is 2. The van der Waals surface area contributed by atoms with Gasteiger partial charge in [-0.2, -0.15) is 0 Å². The normalized spacial score (nSPS) is 11.5. The monoisotopic (exact) mass is 480 g/mol. The van der Waals surface area contributed by atoms with E-state index >= 15 is 0 Å². The van der Waals surface area contributed by atoms with Crippen LogP contribution in [0.4, 0.5) is 0 Å². The minimum atomic E-state index is -0.361. The number of carbonyl (C=O) groups excluding carboxylic acids is 2. The lowest BCUT2D eigenvalue weighted by atomic mass is 9.95. The Morgan fingerprint density at radius 1 is 0.654 bits per heavy atom. The van der Waals surface area contributed by atoms with E-state index in [-0.39, 0.29) is 11.9 Å². The second-order valence-corrected chi connectivity index (χ2v) is 6.48. The molecule has 6 heteroatoms. The number of carbonyl (C=O) groups is 2. The standard InChI is InChI=1S/C20H18Br2O4/c1-25-19(23)15-7-3-13(4-8-15)17(11-21)18(12-22)14-5-9-16(10-6-14)20(24)26-2/h3-10H,11-12H2,1-2H3/b18-17-. The van der Waals surface area contributed by atoms with Crippen molar-refractivity contribution in [3.8, 4) is 0 Å². The van der Waals surface area contributed by atoms with Gasteiger partial charge in [0.2, 0.25) is 0 Å². The lowest BCUT2D eigenvalue weighted by Crippen LogP contribution is -2.02. The summed E-state index contributed by atoms with van der Waals surface area (Å²) in [6, 6.07) is 14.6.